The zero-order valence-electron chi connectivity index (χ0n) is 11.5. The van der Waals surface area contributed by atoms with Gasteiger partial charge in [0.1, 0.15) is 0 Å². The average Bonchev–Trinajstić information content (AvgIpc) is 2.28. The van der Waals surface area contributed by atoms with E-state index in [2.05, 4.69) is 10.3 Å². The van der Waals surface area contributed by atoms with Crippen LogP contribution < -0.4 is 16.0 Å². The third-order valence-electron chi connectivity index (χ3n) is 2.60. The third kappa shape index (κ3) is 4.00. The van der Waals surface area contributed by atoms with Gasteiger partial charge in [-0.25, -0.2) is 0 Å². The number of aromatic nitrogens is 1. The average molecular weight is 250 g/mol. The Hall–Kier alpha value is -1.62. The molecule has 1 rings (SSSR count). The van der Waals surface area contributed by atoms with E-state index in [-0.39, 0.29) is 5.91 Å². The van der Waals surface area contributed by atoms with Crippen LogP contribution in [-0.2, 0) is 4.79 Å². The van der Waals surface area contributed by atoms with Crippen molar-refractivity contribution in [1.29, 1.82) is 0 Å². The summed E-state index contributed by atoms with van der Waals surface area (Å²) < 4.78 is 0. The summed E-state index contributed by atoms with van der Waals surface area (Å²) >= 11 is 0. The zero-order chi connectivity index (χ0) is 13.7. The summed E-state index contributed by atoms with van der Waals surface area (Å²) in [4.78, 5) is 17.9. The van der Waals surface area contributed by atoms with E-state index in [4.69, 9.17) is 5.73 Å². The summed E-state index contributed by atoms with van der Waals surface area (Å²) in [5.41, 5.74) is 7.45. The number of hydrogen-bond donors (Lipinski definition) is 2. The molecule has 1 unspecified atom stereocenters. The summed E-state index contributed by atoms with van der Waals surface area (Å²) in [5.74, 6) is 0.229. The molecule has 0 saturated heterocycles. The van der Waals surface area contributed by atoms with Crippen molar-refractivity contribution in [3.63, 3.8) is 0 Å². The van der Waals surface area contributed by atoms with Gasteiger partial charge in [0.05, 0.1) is 23.6 Å². The normalized spacial score (nSPS) is 12.3. The van der Waals surface area contributed by atoms with Crippen LogP contribution in [0, 0.1) is 5.92 Å². The Morgan fingerprint density at radius 3 is 2.72 bits per heavy atom. The third-order valence-corrected chi connectivity index (χ3v) is 2.60. The van der Waals surface area contributed by atoms with Crippen molar-refractivity contribution >= 4 is 17.3 Å². The van der Waals surface area contributed by atoms with Crippen LogP contribution in [0.5, 0.6) is 0 Å². The second kappa shape index (κ2) is 6.35. The Bertz CT molecular complexity index is 404. The zero-order valence-corrected chi connectivity index (χ0v) is 11.5. The molecule has 0 aliphatic heterocycles. The molecule has 18 heavy (non-hydrogen) atoms. The number of nitrogens with one attached hydrogen (secondary N) is 1. The Morgan fingerprint density at radius 2 is 2.17 bits per heavy atom. The van der Waals surface area contributed by atoms with Gasteiger partial charge in [0.2, 0.25) is 5.91 Å². The maximum Gasteiger partial charge on any atom is 0.241 e. The first-order valence-corrected chi connectivity index (χ1v) is 6.09. The first-order chi connectivity index (χ1) is 8.41. The molecule has 1 amide bonds. The molecule has 0 saturated carbocycles. The Labute approximate surface area is 108 Å². The van der Waals surface area contributed by atoms with Crippen LogP contribution in [0.15, 0.2) is 18.5 Å². The van der Waals surface area contributed by atoms with E-state index in [0.29, 0.717) is 18.0 Å². The highest BCUT2D eigenvalue weighted by molar-refractivity contribution is 5.97. The van der Waals surface area contributed by atoms with Gasteiger partial charge in [0.15, 0.2) is 0 Å². The lowest BCUT2D eigenvalue weighted by Gasteiger charge is -2.19. The van der Waals surface area contributed by atoms with Gasteiger partial charge in [-0.05, 0) is 18.4 Å². The minimum Gasteiger partial charge on any atom is -0.376 e. The van der Waals surface area contributed by atoms with Crippen molar-refractivity contribution in [1.82, 2.24) is 4.98 Å². The standard InChI is InChI=1S/C13H22N4O/c1-9(2)7-10(14)13(18)16-11-8-15-6-5-12(11)17(3)4/h5-6,8-10H,7,14H2,1-4H3,(H,16,18). The number of anilines is 2. The van der Waals surface area contributed by atoms with Crippen molar-refractivity contribution in [2.24, 2.45) is 11.7 Å². The lowest BCUT2D eigenvalue weighted by molar-refractivity contribution is -0.117. The van der Waals surface area contributed by atoms with Crippen LogP contribution in [-0.4, -0.2) is 31.0 Å². The molecule has 1 atom stereocenters. The van der Waals surface area contributed by atoms with Gasteiger partial charge in [0, 0.05) is 20.3 Å². The van der Waals surface area contributed by atoms with Crippen molar-refractivity contribution < 1.29 is 4.79 Å². The molecule has 0 bridgehead atoms. The van der Waals surface area contributed by atoms with Crippen LogP contribution in [0.4, 0.5) is 11.4 Å². The summed E-state index contributed by atoms with van der Waals surface area (Å²) in [5, 5.41) is 2.83. The van der Waals surface area contributed by atoms with Gasteiger partial charge in [-0.1, -0.05) is 13.8 Å². The predicted octanol–water partition coefficient (Wildman–Crippen LogP) is 1.46. The molecular formula is C13H22N4O. The van der Waals surface area contributed by atoms with Gasteiger partial charge < -0.3 is 16.0 Å². The Balaban J connectivity index is 2.75. The molecule has 0 radical (unpaired) electrons. The lowest BCUT2D eigenvalue weighted by Crippen LogP contribution is -2.37. The first-order valence-electron chi connectivity index (χ1n) is 6.09. The molecule has 1 aromatic rings. The van der Waals surface area contributed by atoms with Crippen LogP contribution in [0.2, 0.25) is 0 Å². The summed E-state index contributed by atoms with van der Waals surface area (Å²) in [7, 11) is 3.83. The molecule has 0 aromatic carbocycles. The quantitative estimate of drug-likeness (QED) is 0.830. The molecule has 3 N–H and O–H groups in total. The molecule has 5 heteroatoms. The fourth-order valence-corrected chi connectivity index (χ4v) is 1.71. The SMILES string of the molecule is CC(C)CC(N)C(=O)Nc1cnccc1N(C)C. The second-order valence-electron chi connectivity index (χ2n) is 5.01. The number of nitrogens with two attached hydrogens (primary N) is 1. The molecule has 0 aliphatic carbocycles. The molecule has 0 fully saturated rings. The fraction of sp³-hybridized carbons (Fsp3) is 0.538. The smallest absolute Gasteiger partial charge is 0.241 e. The van der Waals surface area contributed by atoms with E-state index in [9.17, 15) is 4.79 Å². The van der Waals surface area contributed by atoms with Gasteiger partial charge in [-0.3, -0.25) is 9.78 Å². The number of pyridine rings is 1. The highest BCUT2D eigenvalue weighted by Gasteiger charge is 2.16. The minimum atomic E-state index is -0.486. The van der Waals surface area contributed by atoms with Gasteiger partial charge in [-0.2, -0.15) is 0 Å². The Morgan fingerprint density at radius 1 is 1.50 bits per heavy atom. The highest BCUT2D eigenvalue weighted by Crippen LogP contribution is 2.22. The lowest BCUT2D eigenvalue weighted by atomic mass is 10.0. The predicted molar refractivity (Wildman–Crippen MR) is 74.6 cm³/mol. The summed E-state index contributed by atoms with van der Waals surface area (Å²) in [6.45, 7) is 4.09. The van der Waals surface area contributed by atoms with E-state index in [1.807, 2.05) is 38.9 Å². The second-order valence-corrected chi connectivity index (χ2v) is 5.01. The van der Waals surface area contributed by atoms with Gasteiger partial charge in [-0.15, -0.1) is 0 Å². The fourth-order valence-electron chi connectivity index (χ4n) is 1.71. The van der Waals surface area contributed by atoms with E-state index in [0.717, 1.165) is 5.69 Å². The summed E-state index contributed by atoms with van der Waals surface area (Å²) in [6.07, 6.45) is 4.00. The number of carbonyl (C=O) groups is 1. The molecule has 1 heterocycles. The number of hydrogen-bond acceptors (Lipinski definition) is 4. The number of amides is 1. The van der Waals surface area contributed by atoms with Crippen LogP contribution >= 0.6 is 0 Å². The van der Waals surface area contributed by atoms with E-state index in [1.54, 1.807) is 12.4 Å². The first kappa shape index (κ1) is 14.4. The minimum absolute atomic E-state index is 0.167. The van der Waals surface area contributed by atoms with E-state index in [1.165, 1.54) is 0 Å². The van der Waals surface area contributed by atoms with Gasteiger partial charge in [0.25, 0.3) is 0 Å². The molecule has 0 aliphatic rings. The van der Waals surface area contributed by atoms with Crippen LogP contribution in [0.1, 0.15) is 20.3 Å². The molecule has 5 nitrogen and oxygen atoms in total. The highest BCUT2D eigenvalue weighted by atomic mass is 16.2. The van der Waals surface area contributed by atoms with Crippen molar-refractivity contribution in [2.45, 2.75) is 26.3 Å². The maximum atomic E-state index is 11.9. The van der Waals surface area contributed by atoms with Crippen molar-refractivity contribution in [3.8, 4) is 0 Å². The molecule has 0 spiro atoms. The van der Waals surface area contributed by atoms with Crippen molar-refractivity contribution in [2.75, 3.05) is 24.3 Å². The molecular weight excluding hydrogens is 228 g/mol. The largest absolute Gasteiger partial charge is 0.376 e. The monoisotopic (exact) mass is 250 g/mol. The number of rotatable bonds is 5. The van der Waals surface area contributed by atoms with Crippen LogP contribution in [0.25, 0.3) is 0 Å². The van der Waals surface area contributed by atoms with Gasteiger partial charge >= 0.3 is 0 Å². The van der Waals surface area contributed by atoms with E-state index >= 15 is 0 Å². The number of carbonyl (C=O) groups excluding carboxylic acids is 1. The van der Waals surface area contributed by atoms with Crippen molar-refractivity contribution in [3.05, 3.63) is 18.5 Å². The van der Waals surface area contributed by atoms with Crippen LogP contribution in [0.3, 0.4) is 0 Å². The maximum absolute atomic E-state index is 11.9. The Kier molecular flexibility index (Phi) is 5.09. The van der Waals surface area contributed by atoms with E-state index < -0.39 is 6.04 Å². The molecule has 100 valence electrons. The number of nitrogens with zero attached hydrogens (tertiary/aromatic N) is 2. The molecule has 1 aromatic heterocycles. The summed E-state index contributed by atoms with van der Waals surface area (Å²) in [6, 6.07) is 1.36. The topological polar surface area (TPSA) is 71.2 Å².